The Morgan fingerprint density at radius 1 is 1.17 bits per heavy atom. The van der Waals surface area contributed by atoms with Crippen molar-refractivity contribution in [1.29, 1.82) is 0 Å². The number of ether oxygens (including phenoxy) is 2. The summed E-state index contributed by atoms with van der Waals surface area (Å²) in [6, 6.07) is 0. The van der Waals surface area contributed by atoms with E-state index in [1.54, 1.807) is 27.7 Å². The van der Waals surface area contributed by atoms with Gasteiger partial charge in [-0.2, -0.15) is 0 Å². The molecule has 0 radical (unpaired) electrons. The summed E-state index contributed by atoms with van der Waals surface area (Å²) in [5.74, 6) is -4.38. The van der Waals surface area contributed by atoms with E-state index in [1.165, 1.54) is 25.2 Å². The van der Waals surface area contributed by atoms with Crippen molar-refractivity contribution in [3.8, 4) is 0 Å². The maximum Gasteiger partial charge on any atom is 0.306 e. The molecule has 8 heteroatoms. The molecule has 0 aliphatic heterocycles. The van der Waals surface area contributed by atoms with Crippen LogP contribution in [0.25, 0.3) is 0 Å². The molecule has 0 unspecified atom stereocenters. The minimum Gasteiger partial charge on any atom is -0.458 e. The van der Waals surface area contributed by atoms with Crippen molar-refractivity contribution in [1.82, 2.24) is 0 Å². The summed E-state index contributed by atoms with van der Waals surface area (Å²) in [5, 5.41) is 0. The quantitative estimate of drug-likeness (QED) is 0.544. The van der Waals surface area contributed by atoms with Crippen molar-refractivity contribution in [2.24, 2.45) is 28.6 Å². The number of halogens is 1. The standard InChI is InChI=1S/C27H33FO7/c1-6-23(33)35-27(22(32)14-34-16(3)29)15(2)11-20-19-8-7-17-12-18(30)9-10-24(17,4)26(19,28)21(31)13-25(20,27)5/h9-10,12,15,19-20H,6-8,11,13-14H2,1-5H3/t15-,19-,20-,24-,25-,26-,27-/m0/s1. The van der Waals surface area contributed by atoms with Crippen LogP contribution in [0.1, 0.15) is 66.7 Å². The van der Waals surface area contributed by atoms with Crippen molar-refractivity contribution in [2.75, 3.05) is 6.61 Å². The molecule has 7 nitrogen and oxygen atoms in total. The molecule has 0 amide bonds. The summed E-state index contributed by atoms with van der Waals surface area (Å²) >= 11 is 0. The van der Waals surface area contributed by atoms with Crippen LogP contribution in [0.4, 0.5) is 4.39 Å². The number of allylic oxidation sites excluding steroid dienone is 4. The number of carbonyl (C=O) groups excluding carboxylic acids is 5. The Morgan fingerprint density at radius 2 is 1.86 bits per heavy atom. The summed E-state index contributed by atoms with van der Waals surface area (Å²) in [5.41, 5.74) is -5.77. The van der Waals surface area contributed by atoms with Gasteiger partial charge in [-0.25, -0.2) is 4.39 Å². The van der Waals surface area contributed by atoms with E-state index in [0.29, 0.717) is 24.8 Å². The van der Waals surface area contributed by atoms with E-state index in [9.17, 15) is 24.0 Å². The maximum absolute atomic E-state index is 17.2. The van der Waals surface area contributed by atoms with Crippen molar-refractivity contribution in [3.63, 3.8) is 0 Å². The van der Waals surface area contributed by atoms with Crippen LogP contribution in [-0.2, 0) is 33.4 Å². The van der Waals surface area contributed by atoms with Gasteiger partial charge in [0.2, 0.25) is 5.78 Å². The molecule has 0 aromatic heterocycles. The highest BCUT2D eigenvalue weighted by molar-refractivity contribution is 6.03. The van der Waals surface area contributed by atoms with Crippen LogP contribution in [0.15, 0.2) is 23.8 Å². The van der Waals surface area contributed by atoms with E-state index in [2.05, 4.69) is 0 Å². The molecule has 0 spiro atoms. The summed E-state index contributed by atoms with van der Waals surface area (Å²) in [7, 11) is 0. The second-order valence-corrected chi connectivity index (χ2v) is 11.0. The number of fused-ring (bicyclic) bond motifs is 5. The van der Waals surface area contributed by atoms with Crippen molar-refractivity contribution in [3.05, 3.63) is 23.8 Å². The van der Waals surface area contributed by atoms with Gasteiger partial charge in [0, 0.05) is 42.4 Å². The number of alkyl halides is 1. The first-order valence-corrected chi connectivity index (χ1v) is 12.3. The predicted molar refractivity (Wildman–Crippen MR) is 123 cm³/mol. The van der Waals surface area contributed by atoms with E-state index in [0.717, 1.165) is 0 Å². The lowest BCUT2D eigenvalue weighted by atomic mass is 9.45. The molecular formula is C27H33FO7. The molecule has 7 atom stereocenters. The number of carbonyl (C=O) groups is 5. The van der Waals surface area contributed by atoms with Crippen molar-refractivity contribution < 1.29 is 37.8 Å². The van der Waals surface area contributed by atoms with Gasteiger partial charge in [-0.3, -0.25) is 24.0 Å². The first-order chi connectivity index (χ1) is 16.3. The van der Waals surface area contributed by atoms with Crippen LogP contribution in [0, 0.1) is 28.6 Å². The fourth-order valence-corrected chi connectivity index (χ4v) is 7.65. The smallest absolute Gasteiger partial charge is 0.306 e. The Balaban J connectivity index is 1.83. The molecule has 0 aromatic rings. The Hall–Kier alpha value is -2.64. The zero-order valence-corrected chi connectivity index (χ0v) is 20.9. The Kier molecular flexibility index (Phi) is 5.97. The van der Waals surface area contributed by atoms with Gasteiger partial charge >= 0.3 is 11.9 Å². The monoisotopic (exact) mass is 488 g/mol. The molecule has 4 aliphatic rings. The number of hydrogen-bond donors (Lipinski definition) is 0. The van der Waals surface area contributed by atoms with E-state index >= 15 is 4.39 Å². The highest BCUT2D eigenvalue weighted by atomic mass is 19.1. The van der Waals surface area contributed by atoms with Gasteiger partial charge in [-0.15, -0.1) is 0 Å². The maximum atomic E-state index is 17.2. The topological polar surface area (TPSA) is 104 Å². The molecule has 0 N–H and O–H groups in total. The predicted octanol–water partition coefficient (Wildman–Crippen LogP) is 3.64. The number of esters is 2. The molecule has 35 heavy (non-hydrogen) atoms. The summed E-state index contributed by atoms with van der Waals surface area (Å²) in [6.45, 7) is 7.38. The Bertz CT molecular complexity index is 1080. The summed E-state index contributed by atoms with van der Waals surface area (Å²) in [4.78, 5) is 63.5. The van der Waals surface area contributed by atoms with Crippen LogP contribution in [0.3, 0.4) is 0 Å². The number of hydrogen-bond acceptors (Lipinski definition) is 7. The van der Waals surface area contributed by atoms with Crippen LogP contribution in [-0.4, -0.2) is 47.2 Å². The highest BCUT2D eigenvalue weighted by Gasteiger charge is 2.77. The fraction of sp³-hybridized carbons (Fsp3) is 0.667. The first-order valence-electron chi connectivity index (χ1n) is 12.3. The molecule has 4 aliphatic carbocycles. The van der Waals surface area contributed by atoms with E-state index in [4.69, 9.17) is 9.47 Å². The first kappa shape index (κ1) is 25.5. The molecule has 0 heterocycles. The lowest BCUT2D eigenvalue weighted by Gasteiger charge is -2.59. The molecular weight excluding hydrogens is 455 g/mol. The summed E-state index contributed by atoms with van der Waals surface area (Å²) < 4.78 is 28.1. The lowest BCUT2D eigenvalue weighted by molar-refractivity contribution is -0.204. The van der Waals surface area contributed by atoms with Crippen molar-refractivity contribution >= 4 is 29.3 Å². The highest BCUT2D eigenvalue weighted by Crippen LogP contribution is 2.70. The van der Waals surface area contributed by atoms with Gasteiger partial charge in [0.1, 0.15) is 0 Å². The van der Waals surface area contributed by atoms with E-state index in [1.807, 2.05) is 0 Å². The SMILES string of the molecule is CCC(=O)O[C@]1(C(=O)COC(C)=O)[C@@H](C)C[C@H]2[C@@H]3CCC4=CC(=O)C=C[C@]4(C)[C@@]3(F)C(=O)C[C@@]21C. The average Bonchev–Trinajstić information content (AvgIpc) is 3.00. The van der Waals surface area contributed by atoms with Gasteiger partial charge < -0.3 is 9.47 Å². The molecule has 0 bridgehead atoms. The zero-order chi connectivity index (χ0) is 26.0. The van der Waals surface area contributed by atoms with E-state index < -0.39 is 70.0 Å². The molecule has 4 rings (SSSR count). The second kappa shape index (κ2) is 8.20. The van der Waals surface area contributed by atoms with Gasteiger partial charge in [-0.05, 0) is 44.3 Å². The van der Waals surface area contributed by atoms with Gasteiger partial charge in [0.25, 0.3) is 0 Å². The fourth-order valence-electron chi connectivity index (χ4n) is 7.65. The molecule has 0 aromatic carbocycles. The number of rotatable bonds is 5. The van der Waals surface area contributed by atoms with Crippen LogP contribution < -0.4 is 0 Å². The minimum atomic E-state index is -2.25. The number of ketones is 3. The third kappa shape index (κ3) is 3.24. The van der Waals surface area contributed by atoms with Crippen LogP contribution in [0.5, 0.6) is 0 Å². The molecule has 0 saturated heterocycles. The van der Waals surface area contributed by atoms with Gasteiger partial charge in [-0.1, -0.05) is 32.4 Å². The van der Waals surface area contributed by atoms with E-state index in [-0.39, 0.29) is 18.6 Å². The van der Waals surface area contributed by atoms with Gasteiger partial charge in [0.15, 0.2) is 29.4 Å². The second-order valence-electron chi connectivity index (χ2n) is 11.0. The molecule has 3 saturated carbocycles. The number of Topliss-reactive ketones (excluding diaryl/α,β-unsaturated/α-hetero) is 2. The van der Waals surface area contributed by atoms with Crippen molar-refractivity contribution in [2.45, 2.75) is 78.0 Å². The zero-order valence-electron chi connectivity index (χ0n) is 20.9. The van der Waals surface area contributed by atoms with Crippen LogP contribution in [0.2, 0.25) is 0 Å². The largest absolute Gasteiger partial charge is 0.458 e. The lowest BCUT2D eigenvalue weighted by Crippen LogP contribution is -2.68. The normalized spacial score (nSPS) is 41.9. The Labute approximate surface area is 204 Å². The summed E-state index contributed by atoms with van der Waals surface area (Å²) in [6.07, 6.45) is 5.17. The molecule has 3 fully saturated rings. The average molecular weight is 489 g/mol. The van der Waals surface area contributed by atoms with Crippen LogP contribution >= 0.6 is 0 Å². The molecule has 190 valence electrons. The third-order valence-electron chi connectivity index (χ3n) is 9.33. The van der Waals surface area contributed by atoms with Gasteiger partial charge in [0.05, 0.1) is 0 Å². The Morgan fingerprint density at radius 3 is 2.49 bits per heavy atom. The minimum absolute atomic E-state index is 0.0194. The third-order valence-corrected chi connectivity index (χ3v) is 9.33.